The maximum absolute atomic E-state index is 11.7. The van der Waals surface area contributed by atoms with Gasteiger partial charge in [0.05, 0.1) is 13.4 Å². The molecule has 0 aliphatic rings. The van der Waals surface area contributed by atoms with E-state index < -0.39 is 0 Å². The fourth-order valence-corrected chi connectivity index (χ4v) is 2.10. The summed E-state index contributed by atoms with van der Waals surface area (Å²) in [6.45, 7) is 1.76. The molecule has 18 heavy (non-hydrogen) atoms. The second-order valence-corrected chi connectivity index (χ2v) is 4.90. The standard InChI is InChI=1S/C14H13BrO3/c1-9-13(14(16)17-2)11(8-18-9)7-10-3-5-12(15)6-4-10/h3-6,8H,7H2,1-2H3. The number of hydrogen-bond acceptors (Lipinski definition) is 3. The van der Waals surface area contributed by atoms with Crippen molar-refractivity contribution in [1.82, 2.24) is 0 Å². The molecule has 0 saturated heterocycles. The van der Waals surface area contributed by atoms with Crippen molar-refractivity contribution in [2.75, 3.05) is 7.11 Å². The fraction of sp³-hybridized carbons (Fsp3) is 0.214. The molecule has 2 rings (SSSR count). The van der Waals surface area contributed by atoms with Crippen molar-refractivity contribution in [2.45, 2.75) is 13.3 Å². The largest absolute Gasteiger partial charge is 0.468 e. The van der Waals surface area contributed by atoms with Crippen LogP contribution in [0.25, 0.3) is 0 Å². The number of aryl methyl sites for hydroxylation is 1. The molecule has 1 aromatic heterocycles. The molecule has 94 valence electrons. The van der Waals surface area contributed by atoms with E-state index in [0.29, 0.717) is 17.7 Å². The average molecular weight is 309 g/mol. The second kappa shape index (κ2) is 5.40. The van der Waals surface area contributed by atoms with Crippen molar-refractivity contribution in [3.63, 3.8) is 0 Å². The van der Waals surface area contributed by atoms with E-state index in [0.717, 1.165) is 15.6 Å². The van der Waals surface area contributed by atoms with Crippen molar-refractivity contribution < 1.29 is 13.9 Å². The Bertz CT molecular complexity index is 555. The SMILES string of the molecule is COC(=O)c1c(Cc2ccc(Br)cc2)coc1C. The van der Waals surface area contributed by atoms with Crippen LogP contribution in [0.2, 0.25) is 0 Å². The summed E-state index contributed by atoms with van der Waals surface area (Å²) in [4.78, 5) is 11.7. The summed E-state index contributed by atoms with van der Waals surface area (Å²) >= 11 is 3.39. The van der Waals surface area contributed by atoms with Gasteiger partial charge in [0.2, 0.25) is 0 Å². The molecule has 0 saturated carbocycles. The third kappa shape index (κ3) is 2.64. The first-order valence-electron chi connectivity index (χ1n) is 5.51. The highest BCUT2D eigenvalue weighted by Gasteiger charge is 2.18. The van der Waals surface area contributed by atoms with Crippen molar-refractivity contribution >= 4 is 21.9 Å². The average Bonchev–Trinajstić information content (AvgIpc) is 2.72. The van der Waals surface area contributed by atoms with Crippen molar-refractivity contribution in [2.24, 2.45) is 0 Å². The second-order valence-electron chi connectivity index (χ2n) is 3.99. The molecule has 0 aliphatic heterocycles. The molecule has 1 heterocycles. The molecule has 4 heteroatoms. The van der Waals surface area contributed by atoms with Gasteiger partial charge in [0.25, 0.3) is 0 Å². The van der Waals surface area contributed by atoms with Crippen LogP contribution < -0.4 is 0 Å². The monoisotopic (exact) mass is 308 g/mol. The summed E-state index contributed by atoms with van der Waals surface area (Å²) in [5, 5.41) is 0. The van der Waals surface area contributed by atoms with Crippen LogP contribution in [-0.4, -0.2) is 13.1 Å². The van der Waals surface area contributed by atoms with E-state index in [1.807, 2.05) is 24.3 Å². The van der Waals surface area contributed by atoms with Gasteiger partial charge in [0.1, 0.15) is 11.3 Å². The zero-order valence-corrected chi connectivity index (χ0v) is 11.8. The summed E-state index contributed by atoms with van der Waals surface area (Å²) in [6, 6.07) is 7.96. The minimum absolute atomic E-state index is 0.353. The number of esters is 1. The maximum Gasteiger partial charge on any atom is 0.341 e. The molecule has 0 aliphatic carbocycles. The zero-order valence-electron chi connectivity index (χ0n) is 10.2. The van der Waals surface area contributed by atoms with Crippen LogP contribution in [0, 0.1) is 6.92 Å². The van der Waals surface area contributed by atoms with Gasteiger partial charge >= 0.3 is 5.97 Å². The van der Waals surface area contributed by atoms with Gasteiger partial charge in [-0.3, -0.25) is 0 Å². The molecule has 0 bridgehead atoms. The van der Waals surface area contributed by atoms with E-state index in [9.17, 15) is 4.79 Å². The first-order chi connectivity index (χ1) is 8.61. The molecule has 0 radical (unpaired) electrons. The predicted octanol–water partition coefficient (Wildman–Crippen LogP) is 3.73. The Labute approximate surface area is 114 Å². The van der Waals surface area contributed by atoms with Gasteiger partial charge in [0, 0.05) is 16.5 Å². The quantitative estimate of drug-likeness (QED) is 0.811. The van der Waals surface area contributed by atoms with E-state index in [4.69, 9.17) is 9.15 Å². The molecule has 0 N–H and O–H groups in total. The number of hydrogen-bond donors (Lipinski definition) is 0. The van der Waals surface area contributed by atoms with Crippen LogP contribution in [0.5, 0.6) is 0 Å². The van der Waals surface area contributed by atoms with Crippen LogP contribution in [0.4, 0.5) is 0 Å². The summed E-state index contributed by atoms with van der Waals surface area (Å²) in [5.74, 6) is 0.238. The Morgan fingerprint density at radius 3 is 2.61 bits per heavy atom. The lowest BCUT2D eigenvalue weighted by Crippen LogP contribution is -2.05. The molecular weight excluding hydrogens is 296 g/mol. The molecule has 0 atom stereocenters. The predicted molar refractivity (Wildman–Crippen MR) is 71.7 cm³/mol. The zero-order chi connectivity index (χ0) is 13.1. The number of benzene rings is 1. The van der Waals surface area contributed by atoms with Crippen molar-refractivity contribution in [3.05, 3.63) is 57.5 Å². The van der Waals surface area contributed by atoms with Gasteiger partial charge in [-0.1, -0.05) is 28.1 Å². The van der Waals surface area contributed by atoms with E-state index in [1.165, 1.54) is 7.11 Å². The van der Waals surface area contributed by atoms with Gasteiger partial charge in [-0.2, -0.15) is 0 Å². The lowest BCUT2D eigenvalue weighted by atomic mass is 10.0. The molecule has 0 spiro atoms. The van der Waals surface area contributed by atoms with Crippen LogP contribution in [0.3, 0.4) is 0 Å². The Kier molecular flexibility index (Phi) is 3.87. The van der Waals surface area contributed by atoms with E-state index in [-0.39, 0.29) is 5.97 Å². The van der Waals surface area contributed by atoms with E-state index in [2.05, 4.69) is 15.9 Å². The highest BCUT2D eigenvalue weighted by molar-refractivity contribution is 9.10. The number of ether oxygens (including phenoxy) is 1. The Morgan fingerprint density at radius 1 is 1.33 bits per heavy atom. The highest BCUT2D eigenvalue weighted by atomic mass is 79.9. The van der Waals surface area contributed by atoms with Gasteiger partial charge in [-0.25, -0.2) is 4.79 Å². The molecular formula is C14H13BrO3. The number of carbonyl (C=O) groups excluding carboxylic acids is 1. The van der Waals surface area contributed by atoms with E-state index in [1.54, 1.807) is 13.2 Å². The number of halogens is 1. The maximum atomic E-state index is 11.7. The summed E-state index contributed by atoms with van der Waals surface area (Å²) in [5.41, 5.74) is 2.49. The molecule has 0 amide bonds. The first-order valence-corrected chi connectivity index (χ1v) is 6.31. The number of methoxy groups -OCH3 is 1. The van der Waals surface area contributed by atoms with Crippen LogP contribution in [0.15, 0.2) is 39.4 Å². The smallest absolute Gasteiger partial charge is 0.341 e. The van der Waals surface area contributed by atoms with Crippen LogP contribution in [0.1, 0.15) is 27.2 Å². The highest BCUT2D eigenvalue weighted by Crippen LogP contribution is 2.21. The Hall–Kier alpha value is -1.55. The summed E-state index contributed by atoms with van der Waals surface area (Å²) in [6.07, 6.45) is 2.26. The fourth-order valence-electron chi connectivity index (χ4n) is 1.83. The molecule has 3 nitrogen and oxygen atoms in total. The van der Waals surface area contributed by atoms with Gasteiger partial charge in [0.15, 0.2) is 0 Å². The van der Waals surface area contributed by atoms with E-state index >= 15 is 0 Å². The molecule has 1 aromatic carbocycles. The van der Waals surface area contributed by atoms with Gasteiger partial charge < -0.3 is 9.15 Å². The minimum atomic E-state index is -0.353. The van der Waals surface area contributed by atoms with Crippen molar-refractivity contribution in [3.8, 4) is 0 Å². The third-order valence-corrected chi connectivity index (χ3v) is 3.28. The lowest BCUT2D eigenvalue weighted by Gasteiger charge is -2.03. The number of carbonyl (C=O) groups is 1. The lowest BCUT2D eigenvalue weighted by molar-refractivity contribution is 0.0598. The minimum Gasteiger partial charge on any atom is -0.468 e. The Balaban J connectivity index is 2.29. The molecule has 0 fully saturated rings. The molecule has 0 unspecified atom stereocenters. The van der Waals surface area contributed by atoms with Gasteiger partial charge in [-0.15, -0.1) is 0 Å². The normalized spacial score (nSPS) is 10.4. The van der Waals surface area contributed by atoms with Gasteiger partial charge in [-0.05, 0) is 24.6 Å². The summed E-state index contributed by atoms with van der Waals surface area (Å²) < 4.78 is 11.1. The molecule has 2 aromatic rings. The van der Waals surface area contributed by atoms with Crippen LogP contribution in [-0.2, 0) is 11.2 Å². The topological polar surface area (TPSA) is 39.4 Å². The number of rotatable bonds is 3. The van der Waals surface area contributed by atoms with Crippen molar-refractivity contribution in [1.29, 1.82) is 0 Å². The van der Waals surface area contributed by atoms with Crippen LogP contribution >= 0.6 is 15.9 Å². The number of furan rings is 1. The third-order valence-electron chi connectivity index (χ3n) is 2.75. The summed E-state index contributed by atoms with van der Waals surface area (Å²) in [7, 11) is 1.37. The Morgan fingerprint density at radius 2 is 2.00 bits per heavy atom. The first kappa shape index (κ1) is 12.9.